The van der Waals surface area contributed by atoms with Crippen LogP contribution in [0.1, 0.15) is 32.1 Å². The Morgan fingerprint density at radius 1 is 1.22 bits per heavy atom. The summed E-state index contributed by atoms with van der Waals surface area (Å²) in [5.74, 6) is 2.54. The van der Waals surface area contributed by atoms with E-state index in [2.05, 4.69) is 41.1 Å². The molecular formula is C19H29ClN2O. The van der Waals surface area contributed by atoms with Crippen LogP contribution in [0.3, 0.4) is 0 Å². The highest BCUT2D eigenvalue weighted by Crippen LogP contribution is 2.36. The monoisotopic (exact) mass is 336 g/mol. The van der Waals surface area contributed by atoms with Crippen LogP contribution in [0.15, 0.2) is 36.1 Å². The van der Waals surface area contributed by atoms with Crippen LogP contribution in [0.4, 0.5) is 0 Å². The van der Waals surface area contributed by atoms with Crippen molar-refractivity contribution in [1.29, 1.82) is 0 Å². The summed E-state index contributed by atoms with van der Waals surface area (Å²) >= 11 is 0. The Bertz CT molecular complexity index is 472. The second kappa shape index (κ2) is 9.29. The summed E-state index contributed by atoms with van der Waals surface area (Å²) in [6.07, 6.45) is 18.2. The Kier molecular flexibility index (Phi) is 7.38. The number of hydrogen-bond acceptors (Lipinski definition) is 3. The van der Waals surface area contributed by atoms with E-state index in [4.69, 9.17) is 0 Å². The Hall–Kier alpha value is -1.06. The summed E-state index contributed by atoms with van der Waals surface area (Å²) in [6.45, 7) is 3.28. The first-order valence-corrected chi connectivity index (χ1v) is 8.83. The maximum atomic E-state index is 10.6. The van der Waals surface area contributed by atoms with Gasteiger partial charge in [-0.3, -0.25) is 0 Å². The molecule has 23 heavy (non-hydrogen) atoms. The first-order valence-electron chi connectivity index (χ1n) is 8.83. The molecule has 4 unspecified atom stereocenters. The maximum absolute atomic E-state index is 10.6. The van der Waals surface area contributed by atoms with E-state index in [9.17, 15) is 4.79 Å². The standard InChI is InChI=1S/C19H28N2O.ClH/c22-12-2-1-3-16-7-11-21-14-19(16)18-5-4-15-6-9-20-10-8-17(15)13-18;/h4-5,8,10,12-13,15-17,19-21H,1-3,6-7,9,11,14H2;1H. The number of aldehydes is 1. The number of rotatable bonds is 5. The number of halogens is 1. The topological polar surface area (TPSA) is 41.1 Å². The predicted molar refractivity (Wildman–Crippen MR) is 97.6 cm³/mol. The van der Waals surface area contributed by atoms with Gasteiger partial charge in [-0.1, -0.05) is 24.3 Å². The number of hydrogen-bond donors (Lipinski definition) is 2. The fraction of sp³-hybridized carbons (Fsp3) is 0.632. The van der Waals surface area contributed by atoms with Crippen LogP contribution in [-0.2, 0) is 4.79 Å². The van der Waals surface area contributed by atoms with Crippen LogP contribution in [0.25, 0.3) is 0 Å². The van der Waals surface area contributed by atoms with Crippen LogP contribution in [0.5, 0.6) is 0 Å². The van der Waals surface area contributed by atoms with Crippen molar-refractivity contribution in [1.82, 2.24) is 10.6 Å². The highest BCUT2D eigenvalue weighted by Gasteiger charge is 2.29. The average molecular weight is 337 g/mol. The number of carbonyl (C=O) groups excluding carboxylic acids is 1. The molecule has 0 radical (unpaired) electrons. The van der Waals surface area contributed by atoms with E-state index in [0.29, 0.717) is 24.2 Å². The fourth-order valence-electron chi connectivity index (χ4n) is 4.12. The van der Waals surface area contributed by atoms with E-state index >= 15 is 0 Å². The molecule has 3 rings (SSSR count). The minimum absolute atomic E-state index is 0. The van der Waals surface area contributed by atoms with Gasteiger partial charge in [0.25, 0.3) is 0 Å². The normalized spacial score (nSPS) is 32.8. The van der Waals surface area contributed by atoms with Gasteiger partial charge in [-0.05, 0) is 61.8 Å². The van der Waals surface area contributed by atoms with Crippen molar-refractivity contribution in [3.05, 3.63) is 36.1 Å². The van der Waals surface area contributed by atoms with Gasteiger partial charge in [0, 0.05) is 25.4 Å². The molecule has 3 aliphatic rings. The molecule has 128 valence electrons. The molecule has 0 aromatic rings. The molecule has 1 fully saturated rings. The molecule has 0 spiro atoms. The average Bonchev–Trinajstić information content (AvgIpc) is 2.80. The molecule has 0 aromatic carbocycles. The second-order valence-corrected chi connectivity index (χ2v) is 6.83. The van der Waals surface area contributed by atoms with Crippen molar-refractivity contribution >= 4 is 18.7 Å². The third kappa shape index (κ3) is 4.71. The molecule has 2 aliphatic heterocycles. The summed E-state index contributed by atoms with van der Waals surface area (Å²) in [7, 11) is 0. The van der Waals surface area contributed by atoms with Crippen LogP contribution in [0, 0.1) is 23.7 Å². The molecule has 0 aromatic heterocycles. The van der Waals surface area contributed by atoms with E-state index in [1.54, 1.807) is 0 Å². The Balaban J connectivity index is 0.00000192. The smallest absolute Gasteiger partial charge is 0.119 e. The third-order valence-corrected chi connectivity index (χ3v) is 5.42. The van der Waals surface area contributed by atoms with Gasteiger partial charge in [-0.15, -0.1) is 12.4 Å². The first-order chi connectivity index (χ1) is 10.9. The predicted octanol–water partition coefficient (Wildman–Crippen LogP) is 3.24. The Morgan fingerprint density at radius 3 is 3.00 bits per heavy atom. The van der Waals surface area contributed by atoms with Gasteiger partial charge in [-0.2, -0.15) is 0 Å². The quantitative estimate of drug-likeness (QED) is 0.598. The van der Waals surface area contributed by atoms with Crippen LogP contribution in [0.2, 0.25) is 0 Å². The van der Waals surface area contributed by atoms with E-state index in [-0.39, 0.29) is 12.4 Å². The second-order valence-electron chi connectivity index (χ2n) is 6.83. The van der Waals surface area contributed by atoms with E-state index in [1.807, 2.05) is 0 Å². The lowest BCUT2D eigenvalue weighted by molar-refractivity contribution is -0.108. The van der Waals surface area contributed by atoms with Gasteiger partial charge in [0.05, 0.1) is 0 Å². The van der Waals surface area contributed by atoms with E-state index in [0.717, 1.165) is 38.3 Å². The van der Waals surface area contributed by atoms with Crippen LogP contribution < -0.4 is 10.6 Å². The Morgan fingerprint density at radius 2 is 2.13 bits per heavy atom. The van der Waals surface area contributed by atoms with Crippen molar-refractivity contribution in [2.24, 2.45) is 23.7 Å². The lowest BCUT2D eigenvalue weighted by Crippen LogP contribution is -2.38. The lowest BCUT2D eigenvalue weighted by atomic mass is 9.74. The van der Waals surface area contributed by atoms with Crippen LogP contribution >= 0.6 is 12.4 Å². The highest BCUT2D eigenvalue weighted by molar-refractivity contribution is 5.85. The summed E-state index contributed by atoms with van der Waals surface area (Å²) in [5.41, 5.74) is 1.51. The molecule has 2 N–H and O–H groups in total. The van der Waals surface area contributed by atoms with Crippen molar-refractivity contribution < 1.29 is 4.79 Å². The highest BCUT2D eigenvalue weighted by atomic mass is 35.5. The maximum Gasteiger partial charge on any atom is 0.119 e. The molecule has 0 saturated carbocycles. The van der Waals surface area contributed by atoms with Crippen molar-refractivity contribution in [3.8, 4) is 0 Å². The molecule has 1 saturated heterocycles. The summed E-state index contributed by atoms with van der Waals surface area (Å²) in [6, 6.07) is 0. The lowest BCUT2D eigenvalue weighted by Gasteiger charge is -2.35. The van der Waals surface area contributed by atoms with Gasteiger partial charge < -0.3 is 15.4 Å². The van der Waals surface area contributed by atoms with E-state index < -0.39 is 0 Å². The number of fused-ring (bicyclic) bond motifs is 1. The van der Waals surface area contributed by atoms with Crippen molar-refractivity contribution in [2.75, 3.05) is 19.6 Å². The first kappa shape index (κ1) is 18.3. The zero-order chi connectivity index (χ0) is 15.2. The third-order valence-electron chi connectivity index (χ3n) is 5.42. The molecular weight excluding hydrogens is 308 g/mol. The summed E-state index contributed by atoms with van der Waals surface area (Å²) < 4.78 is 0. The zero-order valence-electron chi connectivity index (χ0n) is 13.7. The molecule has 3 nitrogen and oxygen atoms in total. The molecule has 1 aliphatic carbocycles. The van der Waals surface area contributed by atoms with Crippen molar-refractivity contribution in [3.63, 3.8) is 0 Å². The van der Waals surface area contributed by atoms with Crippen molar-refractivity contribution in [2.45, 2.75) is 32.1 Å². The van der Waals surface area contributed by atoms with Crippen LogP contribution in [-0.4, -0.2) is 25.9 Å². The van der Waals surface area contributed by atoms with Gasteiger partial charge >= 0.3 is 0 Å². The molecule has 2 heterocycles. The number of piperidine rings is 1. The Labute approximate surface area is 146 Å². The minimum Gasteiger partial charge on any atom is -0.391 e. The zero-order valence-corrected chi connectivity index (χ0v) is 14.6. The van der Waals surface area contributed by atoms with Gasteiger partial charge in [0.15, 0.2) is 0 Å². The summed E-state index contributed by atoms with van der Waals surface area (Å²) in [4.78, 5) is 10.6. The molecule has 4 heteroatoms. The SMILES string of the molecule is Cl.O=CCCCC1CCNCC1C1=CC2C=CNCCC2C=C1. The van der Waals surface area contributed by atoms with Gasteiger partial charge in [0.2, 0.25) is 0 Å². The van der Waals surface area contributed by atoms with Gasteiger partial charge in [0.1, 0.15) is 6.29 Å². The molecule has 0 bridgehead atoms. The number of carbonyl (C=O) groups is 1. The molecule has 4 atom stereocenters. The number of unbranched alkanes of at least 4 members (excludes halogenated alkanes) is 1. The van der Waals surface area contributed by atoms with Gasteiger partial charge in [-0.25, -0.2) is 0 Å². The fourth-order valence-corrected chi connectivity index (χ4v) is 4.12. The number of nitrogens with one attached hydrogen (secondary N) is 2. The molecule has 0 amide bonds. The minimum atomic E-state index is 0. The largest absolute Gasteiger partial charge is 0.391 e. The van der Waals surface area contributed by atoms with E-state index in [1.165, 1.54) is 24.8 Å². The summed E-state index contributed by atoms with van der Waals surface area (Å²) in [5, 5.41) is 6.91. The number of allylic oxidation sites excluding steroid dienone is 4.